The van der Waals surface area contributed by atoms with E-state index < -0.39 is 16.6 Å². The Morgan fingerprint density at radius 1 is 0.882 bits per heavy atom. The first kappa shape index (κ1) is 18.8. The highest BCUT2D eigenvalue weighted by Gasteiger charge is 2.37. The van der Waals surface area contributed by atoms with Gasteiger partial charge in [0.2, 0.25) is 0 Å². The van der Waals surface area contributed by atoms with Gasteiger partial charge in [0.25, 0.3) is 0 Å². The van der Waals surface area contributed by atoms with E-state index in [1.165, 1.54) is 20.2 Å². The highest BCUT2D eigenvalue weighted by Crippen LogP contribution is 2.26. The molecule has 0 heterocycles. The van der Waals surface area contributed by atoms with Crippen LogP contribution < -0.4 is 11.5 Å². The molecular weight excluding hydrogens is 474 g/mol. The van der Waals surface area contributed by atoms with Crippen LogP contribution in [-0.2, 0) is 4.12 Å². The molecule has 0 saturated heterocycles. The van der Waals surface area contributed by atoms with Gasteiger partial charge in [-0.3, -0.25) is 0 Å². The van der Waals surface area contributed by atoms with E-state index in [4.69, 9.17) is 15.6 Å². The summed E-state index contributed by atoms with van der Waals surface area (Å²) < 4.78 is 9.03. The maximum Gasteiger partial charge on any atom is 0.186 e. The third kappa shape index (κ3) is 7.82. The number of hydrogen-bond acceptors (Lipinski definition) is 3. The van der Waals surface area contributed by atoms with Gasteiger partial charge in [-0.05, 0) is 51.1 Å². The summed E-state index contributed by atoms with van der Waals surface area (Å²) in [5.41, 5.74) is 11.2. The van der Waals surface area contributed by atoms with Crippen molar-refractivity contribution in [3.63, 3.8) is 0 Å². The molecule has 0 bridgehead atoms. The molecule has 0 aromatic rings. The second-order valence-corrected chi connectivity index (χ2v) is 17.8. The molecule has 17 heavy (non-hydrogen) atoms. The van der Waals surface area contributed by atoms with E-state index in [0.29, 0.717) is 0 Å². The summed E-state index contributed by atoms with van der Waals surface area (Å²) in [6.07, 6.45) is 2.21. The molecule has 0 fully saturated rings. The molecule has 0 aliphatic heterocycles. The van der Waals surface area contributed by atoms with Crippen LogP contribution in [0.2, 0.25) is 25.2 Å². The first-order valence-electron chi connectivity index (χ1n) is 6.17. The van der Waals surface area contributed by atoms with E-state index in [0.717, 1.165) is 25.9 Å². The van der Waals surface area contributed by atoms with Crippen molar-refractivity contribution in [2.24, 2.45) is 11.5 Å². The van der Waals surface area contributed by atoms with Gasteiger partial charge >= 0.3 is 0 Å². The predicted molar refractivity (Wildman–Crippen MR) is 99.1 cm³/mol. The van der Waals surface area contributed by atoms with Crippen LogP contribution in [0.15, 0.2) is 0 Å². The molecule has 0 saturated carbocycles. The minimum Gasteiger partial charge on any atom is -0.454 e. The Labute approximate surface area is 135 Å². The van der Waals surface area contributed by atoms with Gasteiger partial charge in [0, 0.05) is 8.10 Å². The summed E-state index contributed by atoms with van der Waals surface area (Å²) in [7, 11) is -3.06. The molecule has 0 aliphatic rings. The summed E-state index contributed by atoms with van der Waals surface area (Å²) in [5.74, 6) is 0. The standard InChI is InChI=1S/C10H26I2N2OSi2/c1-16(9-11,7-3-5-13)15-17(2,10-12)8-4-6-14/h3-10,13-14H2,1-2H3. The maximum atomic E-state index is 6.68. The molecule has 4 N–H and O–H groups in total. The average molecular weight is 500 g/mol. The largest absolute Gasteiger partial charge is 0.454 e. The molecule has 104 valence electrons. The highest BCUT2D eigenvalue weighted by molar-refractivity contribution is 14.1. The van der Waals surface area contributed by atoms with Crippen LogP contribution >= 0.6 is 45.2 Å². The van der Waals surface area contributed by atoms with E-state index in [1.54, 1.807) is 0 Å². The lowest BCUT2D eigenvalue weighted by Crippen LogP contribution is -2.51. The van der Waals surface area contributed by atoms with Gasteiger partial charge in [-0.1, -0.05) is 45.2 Å². The number of hydrogen-bond donors (Lipinski definition) is 2. The molecule has 2 atom stereocenters. The smallest absolute Gasteiger partial charge is 0.186 e. The van der Waals surface area contributed by atoms with Crippen molar-refractivity contribution in [3.8, 4) is 0 Å². The van der Waals surface area contributed by atoms with E-state index in [9.17, 15) is 0 Å². The number of alkyl halides is 2. The number of nitrogens with two attached hydrogens (primary N) is 2. The van der Waals surface area contributed by atoms with Crippen molar-refractivity contribution < 1.29 is 4.12 Å². The van der Waals surface area contributed by atoms with Gasteiger partial charge in [-0.15, -0.1) is 0 Å². The van der Waals surface area contributed by atoms with Crippen molar-refractivity contribution >= 4 is 61.8 Å². The predicted octanol–water partition coefficient (Wildman–Crippen LogP) is 2.80. The third-order valence-electron chi connectivity index (χ3n) is 2.88. The fourth-order valence-electron chi connectivity index (χ4n) is 1.84. The highest BCUT2D eigenvalue weighted by atomic mass is 127. The molecule has 0 aliphatic carbocycles. The molecule has 0 aromatic carbocycles. The Morgan fingerprint density at radius 2 is 1.24 bits per heavy atom. The van der Waals surface area contributed by atoms with Crippen LogP contribution in [0.4, 0.5) is 0 Å². The van der Waals surface area contributed by atoms with E-state index in [2.05, 4.69) is 58.3 Å². The lowest BCUT2D eigenvalue weighted by Gasteiger charge is -2.37. The summed E-state index contributed by atoms with van der Waals surface area (Å²) in [5, 5.41) is 0. The molecule has 7 heteroatoms. The van der Waals surface area contributed by atoms with Crippen LogP contribution in [0, 0.1) is 0 Å². The monoisotopic (exact) mass is 500 g/mol. The Bertz CT molecular complexity index is 195. The molecular formula is C10H26I2N2OSi2. The molecule has 0 amide bonds. The Hall–Kier alpha value is 1.77. The first-order valence-corrected chi connectivity index (χ1v) is 14.9. The summed E-state index contributed by atoms with van der Waals surface area (Å²) in [4.78, 5) is 0. The first-order chi connectivity index (χ1) is 7.95. The molecule has 0 spiro atoms. The fraction of sp³-hybridized carbons (Fsp3) is 1.00. The number of halogens is 2. The SMILES string of the molecule is C[Si](CI)(CCCN)O[Si](C)(CI)CCCN. The van der Waals surface area contributed by atoms with Crippen LogP contribution in [-0.4, -0.2) is 37.8 Å². The van der Waals surface area contributed by atoms with Gasteiger partial charge in [0.05, 0.1) is 0 Å². The van der Waals surface area contributed by atoms with Gasteiger partial charge in [-0.25, -0.2) is 0 Å². The molecule has 0 aromatic heterocycles. The maximum absolute atomic E-state index is 6.68. The van der Waals surface area contributed by atoms with E-state index in [1.807, 2.05) is 0 Å². The molecule has 0 rings (SSSR count). The van der Waals surface area contributed by atoms with Gasteiger partial charge in [0.1, 0.15) is 0 Å². The van der Waals surface area contributed by atoms with Crippen molar-refractivity contribution in [1.82, 2.24) is 0 Å². The Kier molecular flexibility index (Phi) is 10.6. The topological polar surface area (TPSA) is 61.3 Å². The Balaban J connectivity index is 4.47. The minimum atomic E-state index is -1.53. The quantitative estimate of drug-likeness (QED) is 0.276. The zero-order chi connectivity index (χ0) is 13.4. The van der Waals surface area contributed by atoms with Crippen molar-refractivity contribution in [2.45, 2.75) is 38.0 Å². The third-order valence-corrected chi connectivity index (χ3v) is 20.5. The lowest BCUT2D eigenvalue weighted by molar-refractivity contribution is 0.531. The average Bonchev–Trinajstić information content (AvgIpc) is 2.34. The van der Waals surface area contributed by atoms with E-state index >= 15 is 0 Å². The Morgan fingerprint density at radius 3 is 1.47 bits per heavy atom. The second-order valence-electron chi connectivity index (χ2n) is 5.05. The molecule has 0 radical (unpaired) electrons. The lowest BCUT2D eigenvalue weighted by atomic mass is 10.5. The normalized spacial score (nSPS) is 18.7. The molecule has 2 unspecified atom stereocenters. The van der Waals surface area contributed by atoms with Crippen LogP contribution in [0.1, 0.15) is 12.8 Å². The van der Waals surface area contributed by atoms with Crippen molar-refractivity contribution in [3.05, 3.63) is 0 Å². The number of rotatable bonds is 10. The second kappa shape index (κ2) is 9.64. The van der Waals surface area contributed by atoms with Gasteiger partial charge < -0.3 is 15.6 Å². The zero-order valence-corrected chi connectivity index (χ0v) is 17.3. The summed E-state index contributed by atoms with van der Waals surface area (Å²) in [6.45, 7) is 6.31. The van der Waals surface area contributed by atoms with Gasteiger partial charge in [0.15, 0.2) is 16.6 Å². The summed E-state index contributed by atoms with van der Waals surface area (Å²) in [6, 6.07) is 2.41. The minimum absolute atomic E-state index is 0.786. The van der Waals surface area contributed by atoms with Crippen molar-refractivity contribution in [2.75, 3.05) is 21.2 Å². The fourth-order valence-corrected chi connectivity index (χ4v) is 15.1. The molecule has 3 nitrogen and oxygen atoms in total. The summed E-state index contributed by atoms with van der Waals surface area (Å²) >= 11 is 4.98. The zero-order valence-electron chi connectivity index (χ0n) is 11.0. The van der Waals surface area contributed by atoms with Crippen LogP contribution in [0.25, 0.3) is 0 Å². The van der Waals surface area contributed by atoms with Crippen LogP contribution in [0.3, 0.4) is 0 Å². The van der Waals surface area contributed by atoms with E-state index in [-0.39, 0.29) is 0 Å². The van der Waals surface area contributed by atoms with Crippen molar-refractivity contribution in [1.29, 1.82) is 0 Å². The van der Waals surface area contributed by atoms with Crippen LogP contribution in [0.5, 0.6) is 0 Å². The van der Waals surface area contributed by atoms with Gasteiger partial charge in [-0.2, -0.15) is 0 Å².